The van der Waals surface area contributed by atoms with E-state index in [0.29, 0.717) is 18.7 Å². The van der Waals surface area contributed by atoms with Crippen molar-refractivity contribution < 1.29 is 14.7 Å². The zero-order valence-electron chi connectivity index (χ0n) is 10.6. The Morgan fingerprint density at radius 1 is 1.50 bits per heavy atom. The van der Waals surface area contributed by atoms with E-state index in [9.17, 15) is 9.59 Å². The summed E-state index contributed by atoms with van der Waals surface area (Å²) in [4.78, 5) is 26.5. The predicted molar refractivity (Wildman–Crippen MR) is 67.3 cm³/mol. The molecule has 1 heterocycles. The topological polar surface area (TPSA) is 79.3 Å². The maximum Gasteiger partial charge on any atom is 0.303 e. The van der Waals surface area contributed by atoms with Gasteiger partial charge in [-0.3, -0.25) is 14.6 Å². The van der Waals surface area contributed by atoms with E-state index in [1.54, 1.807) is 12.3 Å². The van der Waals surface area contributed by atoms with Crippen LogP contribution in [0.15, 0.2) is 18.3 Å². The average molecular weight is 250 g/mol. The fraction of sp³-hybridized carbons (Fsp3) is 0.462. The lowest BCUT2D eigenvalue weighted by molar-refractivity contribution is -0.138. The van der Waals surface area contributed by atoms with E-state index in [4.69, 9.17) is 5.11 Å². The largest absolute Gasteiger partial charge is 0.481 e. The number of carbonyl (C=O) groups is 2. The van der Waals surface area contributed by atoms with Crippen LogP contribution in [0.1, 0.15) is 35.8 Å². The Bertz CT molecular complexity index is 432. The molecule has 0 aliphatic heterocycles. The smallest absolute Gasteiger partial charge is 0.303 e. The molecule has 0 saturated carbocycles. The molecule has 1 aromatic rings. The van der Waals surface area contributed by atoms with Crippen LogP contribution in [-0.4, -0.2) is 28.5 Å². The van der Waals surface area contributed by atoms with Gasteiger partial charge in [0.1, 0.15) is 5.69 Å². The number of carboxylic acids is 1. The summed E-state index contributed by atoms with van der Waals surface area (Å²) in [5, 5.41) is 11.4. The number of carbonyl (C=O) groups excluding carboxylic acids is 1. The number of carboxylic acid groups (broad SMARTS) is 1. The summed E-state index contributed by atoms with van der Waals surface area (Å²) in [7, 11) is 0. The summed E-state index contributed by atoms with van der Waals surface area (Å²) in [6.07, 6.45) is 2.35. The number of nitrogens with one attached hydrogen (secondary N) is 1. The molecule has 0 aliphatic carbocycles. The highest BCUT2D eigenvalue weighted by Crippen LogP contribution is 2.08. The molecule has 1 atom stereocenters. The summed E-state index contributed by atoms with van der Waals surface area (Å²) in [5.41, 5.74) is 1.20. The summed E-state index contributed by atoms with van der Waals surface area (Å²) in [6, 6.07) is 3.59. The van der Waals surface area contributed by atoms with E-state index in [2.05, 4.69) is 10.3 Å². The van der Waals surface area contributed by atoms with Crippen LogP contribution in [0.4, 0.5) is 0 Å². The number of nitrogens with zero attached hydrogens (tertiary/aromatic N) is 1. The quantitative estimate of drug-likeness (QED) is 0.804. The third-order valence-electron chi connectivity index (χ3n) is 2.82. The number of aromatic nitrogens is 1. The Labute approximate surface area is 106 Å². The first-order chi connectivity index (χ1) is 8.54. The molecule has 1 rings (SSSR count). The van der Waals surface area contributed by atoms with Crippen molar-refractivity contribution in [3.05, 3.63) is 29.6 Å². The van der Waals surface area contributed by atoms with E-state index >= 15 is 0 Å². The molecule has 1 amide bonds. The zero-order valence-corrected chi connectivity index (χ0v) is 10.6. The third kappa shape index (κ3) is 4.16. The lowest BCUT2D eigenvalue weighted by Crippen LogP contribution is -2.31. The van der Waals surface area contributed by atoms with Gasteiger partial charge < -0.3 is 10.4 Å². The van der Waals surface area contributed by atoms with Gasteiger partial charge in [-0.25, -0.2) is 0 Å². The molecular weight excluding hydrogens is 232 g/mol. The molecule has 5 nitrogen and oxygen atoms in total. The van der Waals surface area contributed by atoms with Crippen LogP contribution in [0.3, 0.4) is 0 Å². The van der Waals surface area contributed by atoms with Crippen LogP contribution in [0.2, 0.25) is 0 Å². The van der Waals surface area contributed by atoms with E-state index in [1.807, 2.05) is 19.9 Å². The van der Waals surface area contributed by atoms with Gasteiger partial charge in [-0.2, -0.15) is 0 Å². The highest BCUT2D eigenvalue weighted by atomic mass is 16.4. The highest BCUT2D eigenvalue weighted by molar-refractivity contribution is 5.93. The number of pyridine rings is 1. The molecule has 2 N–H and O–H groups in total. The number of rotatable bonds is 6. The third-order valence-corrected chi connectivity index (χ3v) is 2.82. The first-order valence-corrected chi connectivity index (χ1v) is 5.96. The van der Waals surface area contributed by atoms with Crippen molar-refractivity contribution >= 4 is 11.9 Å². The van der Waals surface area contributed by atoms with E-state index < -0.39 is 5.97 Å². The van der Waals surface area contributed by atoms with Crippen molar-refractivity contribution in [2.75, 3.05) is 6.54 Å². The number of hydrogen-bond donors (Lipinski definition) is 2. The summed E-state index contributed by atoms with van der Waals surface area (Å²) >= 11 is 0. The molecule has 0 radical (unpaired) electrons. The second-order valence-electron chi connectivity index (χ2n) is 4.25. The Balaban J connectivity index is 2.55. The predicted octanol–water partition coefficient (Wildman–Crippen LogP) is 1.62. The Morgan fingerprint density at radius 3 is 2.78 bits per heavy atom. The fourth-order valence-electron chi connectivity index (χ4n) is 1.65. The molecule has 5 heteroatoms. The second kappa shape index (κ2) is 6.74. The van der Waals surface area contributed by atoms with Gasteiger partial charge in [0.25, 0.3) is 5.91 Å². The van der Waals surface area contributed by atoms with Crippen molar-refractivity contribution in [3.8, 4) is 0 Å². The van der Waals surface area contributed by atoms with Crippen molar-refractivity contribution in [2.45, 2.75) is 26.7 Å². The molecule has 1 unspecified atom stereocenters. The molecule has 0 aliphatic rings. The Hall–Kier alpha value is -1.91. The molecule has 98 valence electrons. The van der Waals surface area contributed by atoms with Crippen molar-refractivity contribution in [2.24, 2.45) is 5.92 Å². The molecule has 0 fully saturated rings. The minimum atomic E-state index is -0.842. The maximum atomic E-state index is 11.9. The summed E-state index contributed by atoms with van der Waals surface area (Å²) in [6.45, 7) is 4.08. The lowest BCUT2D eigenvalue weighted by Gasteiger charge is -2.13. The van der Waals surface area contributed by atoms with Gasteiger partial charge in [-0.05, 0) is 24.5 Å². The van der Waals surface area contributed by atoms with Gasteiger partial charge in [0.15, 0.2) is 0 Å². The average Bonchev–Trinajstić information content (AvgIpc) is 2.34. The summed E-state index contributed by atoms with van der Waals surface area (Å²) in [5.74, 6) is -1.14. The molecule has 0 bridgehead atoms. The number of aryl methyl sites for hydroxylation is 1. The number of aliphatic carboxylic acids is 1. The van der Waals surface area contributed by atoms with Crippen LogP contribution in [0, 0.1) is 12.8 Å². The minimum Gasteiger partial charge on any atom is -0.481 e. The fourth-order valence-corrected chi connectivity index (χ4v) is 1.65. The number of amides is 1. The van der Waals surface area contributed by atoms with Crippen molar-refractivity contribution in [1.29, 1.82) is 0 Å². The first-order valence-electron chi connectivity index (χ1n) is 5.96. The Morgan fingerprint density at radius 2 is 2.22 bits per heavy atom. The molecular formula is C13H18N2O3. The van der Waals surface area contributed by atoms with Crippen LogP contribution >= 0.6 is 0 Å². The number of hydrogen-bond acceptors (Lipinski definition) is 3. The molecule has 18 heavy (non-hydrogen) atoms. The van der Waals surface area contributed by atoms with E-state index in [1.165, 1.54) is 0 Å². The van der Waals surface area contributed by atoms with E-state index in [0.717, 1.165) is 5.56 Å². The summed E-state index contributed by atoms with van der Waals surface area (Å²) < 4.78 is 0. The standard InChI is InChI=1S/C13H18N2O3/c1-3-10(7-11(16)17)8-15-13(18)12-9(2)5-4-6-14-12/h4-6,10H,3,7-8H2,1-2H3,(H,15,18)(H,16,17). The molecule has 0 spiro atoms. The van der Waals surface area contributed by atoms with Crippen LogP contribution in [0.25, 0.3) is 0 Å². The van der Waals surface area contributed by atoms with Gasteiger partial charge in [0.2, 0.25) is 0 Å². The van der Waals surface area contributed by atoms with Crippen molar-refractivity contribution in [1.82, 2.24) is 10.3 Å². The van der Waals surface area contributed by atoms with E-state index in [-0.39, 0.29) is 18.2 Å². The van der Waals surface area contributed by atoms with Crippen LogP contribution in [0.5, 0.6) is 0 Å². The van der Waals surface area contributed by atoms with Crippen LogP contribution in [-0.2, 0) is 4.79 Å². The second-order valence-corrected chi connectivity index (χ2v) is 4.25. The van der Waals surface area contributed by atoms with Crippen molar-refractivity contribution in [3.63, 3.8) is 0 Å². The van der Waals surface area contributed by atoms with Gasteiger partial charge in [-0.15, -0.1) is 0 Å². The Kier molecular flexibility index (Phi) is 5.30. The highest BCUT2D eigenvalue weighted by Gasteiger charge is 2.14. The SMILES string of the molecule is CCC(CNC(=O)c1ncccc1C)CC(=O)O. The zero-order chi connectivity index (χ0) is 13.5. The van der Waals surface area contributed by atoms with Crippen LogP contribution < -0.4 is 5.32 Å². The normalized spacial score (nSPS) is 11.9. The first kappa shape index (κ1) is 14.2. The monoisotopic (exact) mass is 250 g/mol. The van der Waals surface area contributed by atoms with Gasteiger partial charge in [-0.1, -0.05) is 19.4 Å². The molecule has 0 aromatic carbocycles. The van der Waals surface area contributed by atoms with Gasteiger partial charge >= 0.3 is 5.97 Å². The molecule has 1 aromatic heterocycles. The molecule has 0 saturated heterocycles. The minimum absolute atomic E-state index is 0.0459. The lowest BCUT2D eigenvalue weighted by atomic mass is 10.0. The maximum absolute atomic E-state index is 11.9. The van der Waals surface area contributed by atoms with Gasteiger partial charge in [0.05, 0.1) is 0 Å². The van der Waals surface area contributed by atoms with Gasteiger partial charge in [0, 0.05) is 19.2 Å².